The van der Waals surface area contributed by atoms with Gasteiger partial charge in [0.05, 0.1) is 26.4 Å². The molecule has 0 aliphatic carbocycles. The van der Waals surface area contributed by atoms with Crippen LogP contribution in [0, 0.1) is 0 Å². The first-order valence-electron chi connectivity index (χ1n) is 5.25. The van der Waals surface area contributed by atoms with Crippen molar-refractivity contribution in [2.75, 3.05) is 39.6 Å². The number of aliphatic hydroxyl groups excluding tert-OH is 2. The zero-order chi connectivity index (χ0) is 11.9. The van der Waals surface area contributed by atoms with E-state index < -0.39 is 0 Å². The summed E-state index contributed by atoms with van der Waals surface area (Å²) in [5, 5.41) is 16.2. The topological polar surface area (TPSA) is 68.2 Å². The van der Waals surface area contributed by atoms with Crippen LogP contribution in [0.25, 0.3) is 0 Å². The van der Waals surface area contributed by atoms with Gasteiger partial charge in [-0.3, -0.25) is 0 Å². The summed E-state index contributed by atoms with van der Waals surface area (Å²) >= 11 is 0. The van der Waals surface area contributed by atoms with E-state index in [4.69, 9.17) is 19.7 Å². The summed E-state index contributed by atoms with van der Waals surface area (Å²) < 4.78 is 14.8. The monoisotopic (exact) mass is 224 g/mol. The van der Waals surface area contributed by atoms with Gasteiger partial charge in [-0.15, -0.1) is 0 Å². The summed E-state index contributed by atoms with van der Waals surface area (Å²) in [6.07, 6.45) is -0.0370. The van der Waals surface area contributed by atoms with E-state index in [1.165, 1.54) is 0 Å². The van der Waals surface area contributed by atoms with Crippen LogP contribution in [0.2, 0.25) is 0 Å². The molecule has 0 unspecified atom stereocenters. The van der Waals surface area contributed by atoms with Gasteiger partial charge < -0.3 is 24.4 Å². The smallest absolute Gasteiger partial charge is 0.154 e. The highest BCUT2D eigenvalue weighted by Crippen LogP contribution is 1.90. The van der Waals surface area contributed by atoms with Crippen molar-refractivity contribution < 1.29 is 24.4 Å². The van der Waals surface area contributed by atoms with Gasteiger partial charge in [-0.25, -0.2) is 0 Å². The van der Waals surface area contributed by atoms with Crippen molar-refractivity contribution in [2.45, 2.75) is 27.1 Å². The van der Waals surface area contributed by atoms with Crippen LogP contribution in [0.15, 0.2) is 0 Å². The minimum Gasteiger partial charge on any atom is -0.394 e. The number of hydrogen-bond donors (Lipinski definition) is 2. The molecule has 94 valence electrons. The zero-order valence-corrected chi connectivity index (χ0v) is 9.94. The number of aliphatic hydroxyl groups is 2. The van der Waals surface area contributed by atoms with Crippen molar-refractivity contribution in [3.05, 3.63) is 0 Å². The third-order valence-corrected chi connectivity index (χ3v) is 1.27. The summed E-state index contributed by atoms with van der Waals surface area (Å²) in [5.74, 6) is 0. The van der Waals surface area contributed by atoms with Gasteiger partial charge in [0.15, 0.2) is 6.29 Å². The van der Waals surface area contributed by atoms with Gasteiger partial charge in [0.25, 0.3) is 0 Å². The summed E-state index contributed by atoms with van der Waals surface area (Å²) in [6.45, 7) is 7.95. The van der Waals surface area contributed by atoms with Crippen molar-refractivity contribution in [1.82, 2.24) is 0 Å². The molecule has 0 radical (unpaired) electrons. The van der Waals surface area contributed by atoms with E-state index in [0.717, 1.165) is 13.2 Å². The second kappa shape index (κ2) is 16.2. The van der Waals surface area contributed by atoms with Gasteiger partial charge in [0.2, 0.25) is 0 Å². The standard InChI is InChI=1S/C6H14O2.C4H10O3/c1-4-7-6(3)8-5-2;5-1-3-7-4-2-6/h6H,4-5H2,1-3H3;5-6H,1-4H2. The van der Waals surface area contributed by atoms with E-state index in [1.807, 2.05) is 20.8 Å². The number of ether oxygens (including phenoxy) is 3. The molecule has 0 aromatic rings. The van der Waals surface area contributed by atoms with Crippen LogP contribution >= 0.6 is 0 Å². The SMILES string of the molecule is CCOC(C)OCC.OCCOCCO. The Morgan fingerprint density at radius 2 is 1.33 bits per heavy atom. The molecular weight excluding hydrogens is 200 g/mol. The molecule has 0 spiro atoms. The van der Waals surface area contributed by atoms with Crippen LogP contribution < -0.4 is 0 Å². The van der Waals surface area contributed by atoms with Gasteiger partial charge in [0.1, 0.15) is 0 Å². The van der Waals surface area contributed by atoms with E-state index in [0.29, 0.717) is 13.2 Å². The molecule has 2 N–H and O–H groups in total. The van der Waals surface area contributed by atoms with Crippen LogP contribution in [0.1, 0.15) is 20.8 Å². The summed E-state index contributed by atoms with van der Waals surface area (Å²) in [6, 6.07) is 0. The fourth-order valence-corrected chi connectivity index (χ4v) is 0.749. The molecule has 0 heterocycles. The third-order valence-electron chi connectivity index (χ3n) is 1.27. The van der Waals surface area contributed by atoms with Crippen LogP contribution in [-0.4, -0.2) is 56.1 Å². The van der Waals surface area contributed by atoms with E-state index in [-0.39, 0.29) is 19.5 Å². The molecule has 15 heavy (non-hydrogen) atoms. The van der Waals surface area contributed by atoms with Crippen molar-refractivity contribution in [3.63, 3.8) is 0 Å². The molecule has 5 nitrogen and oxygen atoms in total. The van der Waals surface area contributed by atoms with Crippen LogP contribution in [0.3, 0.4) is 0 Å². The van der Waals surface area contributed by atoms with Crippen molar-refractivity contribution >= 4 is 0 Å². The molecule has 0 saturated carbocycles. The molecule has 0 amide bonds. The zero-order valence-electron chi connectivity index (χ0n) is 9.94. The summed E-state index contributed by atoms with van der Waals surface area (Å²) in [5.41, 5.74) is 0. The lowest BCUT2D eigenvalue weighted by molar-refractivity contribution is -0.123. The highest BCUT2D eigenvalue weighted by atomic mass is 16.7. The van der Waals surface area contributed by atoms with Crippen molar-refractivity contribution in [2.24, 2.45) is 0 Å². The van der Waals surface area contributed by atoms with E-state index in [1.54, 1.807) is 0 Å². The number of rotatable bonds is 8. The Hall–Kier alpha value is -0.200. The molecule has 0 bridgehead atoms. The molecule has 0 saturated heterocycles. The first-order valence-corrected chi connectivity index (χ1v) is 5.25. The minimum atomic E-state index is -0.0370. The average Bonchev–Trinajstić information content (AvgIpc) is 2.20. The summed E-state index contributed by atoms with van der Waals surface area (Å²) in [4.78, 5) is 0. The Morgan fingerprint density at radius 3 is 1.60 bits per heavy atom. The molecule has 0 aliphatic heterocycles. The first-order chi connectivity index (χ1) is 7.22. The maximum Gasteiger partial charge on any atom is 0.154 e. The predicted molar refractivity (Wildman–Crippen MR) is 57.7 cm³/mol. The molecule has 0 aromatic carbocycles. The average molecular weight is 224 g/mol. The van der Waals surface area contributed by atoms with E-state index >= 15 is 0 Å². The van der Waals surface area contributed by atoms with Crippen LogP contribution in [0.5, 0.6) is 0 Å². The van der Waals surface area contributed by atoms with Crippen molar-refractivity contribution in [1.29, 1.82) is 0 Å². The quantitative estimate of drug-likeness (QED) is 0.461. The maximum absolute atomic E-state index is 8.09. The van der Waals surface area contributed by atoms with Gasteiger partial charge in [-0.1, -0.05) is 0 Å². The molecule has 0 aromatic heterocycles. The highest BCUT2D eigenvalue weighted by Gasteiger charge is 1.94. The fraction of sp³-hybridized carbons (Fsp3) is 1.00. The second-order valence-corrected chi connectivity index (χ2v) is 2.54. The van der Waals surface area contributed by atoms with Crippen LogP contribution in [0.4, 0.5) is 0 Å². The van der Waals surface area contributed by atoms with Gasteiger partial charge in [0, 0.05) is 13.2 Å². The molecule has 0 atom stereocenters. The Kier molecular flexibility index (Phi) is 18.6. The predicted octanol–water partition coefficient (Wildman–Crippen LogP) is 0.393. The largest absolute Gasteiger partial charge is 0.394 e. The van der Waals surface area contributed by atoms with E-state index in [9.17, 15) is 0 Å². The molecule has 0 fully saturated rings. The molecule has 0 aliphatic rings. The fourth-order valence-electron chi connectivity index (χ4n) is 0.749. The molecular formula is C10H24O5. The lowest BCUT2D eigenvalue weighted by atomic mass is 10.7. The maximum atomic E-state index is 8.09. The van der Waals surface area contributed by atoms with Crippen LogP contribution in [-0.2, 0) is 14.2 Å². The Bertz CT molecular complexity index is 89.8. The van der Waals surface area contributed by atoms with Gasteiger partial charge in [-0.2, -0.15) is 0 Å². The first kappa shape index (κ1) is 17.2. The third kappa shape index (κ3) is 20.0. The molecule has 5 heteroatoms. The Morgan fingerprint density at radius 1 is 0.933 bits per heavy atom. The summed E-state index contributed by atoms with van der Waals surface area (Å²) in [7, 11) is 0. The van der Waals surface area contributed by atoms with Gasteiger partial charge in [-0.05, 0) is 20.8 Å². The van der Waals surface area contributed by atoms with Crippen molar-refractivity contribution in [3.8, 4) is 0 Å². The normalized spacial score (nSPS) is 10.0. The minimum absolute atomic E-state index is 0.0278. The lowest BCUT2D eigenvalue weighted by Gasteiger charge is -2.09. The Balaban J connectivity index is 0. The van der Waals surface area contributed by atoms with Gasteiger partial charge >= 0.3 is 0 Å². The van der Waals surface area contributed by atoms with E-state index in [2.05, 4.69) is 4.74 Å². The number of hydrogen-bond acceptors (Lipinski definition) is 5. The highest BCUT2D eigenvalue weighted by molar-refractivity contribution is 4.26. The lowest BCUT2D eigenvalue weighted by Crippen LogP contribution is -2.11. The molecule has 0 rings (SSSR count). The second-order valence-electron chi connectivity index (χ2n) is 2.54. The Labute approximate surface area is 92.0 Å².